The molecule has 2 aliphatic carbocycles. The molecule has 0 spiro atoms. The topological polar surface area (TPSA) is 0 Å². The van der Waals surface area contributed by atoms with Crippen LogP contribution in [0.2, 0.25) is 0 Å². The molecule has 0 unspecified atom stereocenters. The van der Waals surface area contributed by atoms with Crippen LogP contribution in [0, 0.1) is 11.3 Å². The normalized spacial score (nSPS) is 24.6. The van der Waals surface area contributed by atoms with Crippen molar-refractivity contribution in [1.29, 1.82) is 0 Å². The molecule has 0 atom stereocenters. The van der Waals surface area contributed by atoms with Gasteiger partial charge < -0.3 is 0 Å². The minimum Gasteiger partial charge on any atom is -0.0842 e. The second-order valence-electron chi connectivity index (χ2n) is 5.74. The highest BCUT2D eigenvalue weighted by Crippen LogP contribution is 2.50. The number of hydrogen-bond donors (Lipinski definition) is 0. The van der Waals surface area contributed by atoms with E-state index in [0.29, 0.717) is 5.41 Å². The van der Waals surface area contributed by atoms with Gasteiger partial charge in [0.15, 0.2) is 0 Å². The fourth-order valence-electron chi connectivity index (χ4n) is 3.53. The monoisotopic (exact) mass is 204 g/mol. The second kappa shape index (κ2) is 4.55. The zero-order valence-corrected chi connectivity index (χ0v) is 10.3. The second-order valence-corrected chi connectivity index (χ2v) is 5.74. The van der Waals surface area contributed by atoms with E-state index in [9.17, 15) is 0 Å². The molecular weight excluding hydrogens is 180 g/mol. The molecule has 0 heterocycles. The summed E-state index contributed by atoms with van der Waals surface area (Å²) in [5, 5.41) is 0. The van der Waals surface area contributed by atoms with Gasteiger partial charge in [-0.1, -0.05) is 50.5 Å². The summed E-state index contributed by atoms with van der Waals surface area (Å²) in [6.07, 6.45) is 16.8. The maximum Gasteiger partial charge on any atom is -0.00824 e. The molecule has 0 N–H and O–H groups in total. The van der Waals surface area contributed by atoms with Crippen LogP contribution in [0.25, 0.3) is 0 Å². The Kier molecular flexibility index (Phi) is 3.33. The van der Waals surface area contributed by atoms with Gasteiger partial charge in [-0.2, -0.15) is 0 Å². The standard InChI is InChI=1S/C15H24/c1-13(2)12-15(10-6-7-11-15)14-8-4-3-5-9-14/h3-4,8,13H,5-7,9-12H2,1-2H3. The molecule has 2 aliphatic rings. The first-order valence-corrected chi connectivity index (χ1v) is 6.59. The van der Waals surface area contributed by atoms with Gasteiger partial charge in [0.2, 0.25) is 0 Å². The fraction of sp³-hybridized carbons (Fsp3) is 0.733. The highest BCUT2D eigenvalue weighted by atomic mass is 14.4. The van der Waals surface area contributed by atoms with Crippen molar-refractivity contribution in [2.24, 2.45) is 11.3 Å². The molecule has 0 radical (unpaired) electrons. The molecular formula is C15H24. The van der Waals surface area contributed by atoms with E-state index in [2.05, 4.69) is 32.1 Å². The highest BCUT2D eigenvalue weighted by Gasteiger charge is 2.37. The Bertz CT molecular complexity index is 262. The van der Waals surface area contributed by atoms with Crippen LogP contribution in [-0.2, 0) is 0 Å². The predicted molar refractivity (Wildman–Crippen MR) is 66.8 cm³/mol. The smallest absolute Gasteiger partial charge is 0.00824 e. The van der Waals surface area contributed by atoms with E-state index >= 15 is 0 Å². The van der Waals surface area contributed by atoms with Crippen molar-refractivity contribution in [3.8, 4) is 0 Å². The first-order valence-electron chi connectivity index (χ1n) is 6.59. The Morgan fingerprint density at radius 1 is 1.27 bits per heavy atom. The average Bonchev–Trinajstić information content (AvgIpc) is 2.68. The molecule has 0 bridgehead atoms. The molecule has 1 saturated carbocycles. The van der Waals surface area contributed by atoms with E-state index in [1.54, 1.807) is 5.57 Å². The van der Waals surface area contributed by atoms with Crippen LogP contribution in [0.15, 0.2) is 23.8 Å². The molecule has 0 saturated heterocycles. The molecule has 0 aliphatic heterocycles. The van der Waals surface area contributed by atoms with E-state index in [0.717, 1.165) is 5.92 Å². The van der Waals surface area contributed by atoms with Crippen molar-refractivity contribution in [1.82, 2.24) is 0 Å². The molecule has 15 heavy (non-hydrogen) atoms. The van der Waals surface area contributed by atoms with Gasteiger partial charge in [0.1, 0.15) is 0 Å². The van der Waals surface area contributed by atoms with Crippen molar-refractivity contribution >= 4 is 0 Å². The van der Waals surface area contributed by atoms with Crippen LogP contribution < -0.4 is 0 Å². The zero-order valence-electron chi connectivity index (χ0n) is 10.3. The van der Waals surface area contributed by atoms with Gasteiger partial charge in [-0.3, -0.25) is 0 Å². The molecule has 0 heteroatoms. The van der Waals surface area contributed by atoms with Gasteiger partial charge in [0, 0.05) is 0 Å². The Hall–Kier alpha value is -0.520. The van der Waals surface area contributed by atoms with Crippen LogP contribution in [0.3, 0.4) is 0 Å². The van der Waals surface area contributed by atoms with Crippen LogP contribution in [0.1, 0.15) is 58.8 Å². The van der Waals surface area contributed by atoms with Crippen LogP contribution in [0.5, 0.6) is 0 Å². The summed E-state index contributed by atoms with van der Waals surface area (Å²) in [7, 11) is 0. The Morgan fingerprint density at radius 2 is 2.00 bits per heavy atom. The lowest BCUT2D eigenvalue weighted by molar-refractivity contribution is 0.281. The third kappa shape index (κ3) is 2.35. The summed E-state index contributed by atoms with van der Waals surface area (Å²) in [6.45, 7) is 4.75. The third-order valence-electron chi connectivity index (χ3n) is 4.05. The van der Waals surface area contributed by atoms with Crippen LogP contribution in [0.4, 0.5) is 0 Å². The van der Waals surface area contributed by atoms with E-state index < -0.39 is 0 Å². The molecule has 0 aromatic carbocycles. The molecule has 0 nitrogen and oxygen atoms in total. The number of hydrogen-bond acceptors (Lipinski definition) is 0. The van der Waals surface area contributed by atoms with Crippen LogP contribution >= 0.6 is 0 Å². The fourth-order valence-corrected chi connectivity index (χ4v) is 3.53. The molecule has 1 fully saturated rings. The average molecular weight is 204 g/mol. The summed E-state index contributed by atoms with van der Waals surface area (Å²) in [5.74, 6) is 0.843. The summed E-state index contributed by atoms with van der Waals surface area (Å²) in [4.78, 5) is 0. The summed E-state index contributed by atoms with van der Waals surface area (Å²) < 4.78 is 0. The van der Waals surface area contributed by atoms with Crippen molar-refractivity contribution in [3.05, 3.63) is 23.8 Å². The highest BCUT2D eigenvalue weighted by molar-refractivity contribution is 5.25. The Morgan fingerprint density at radius 3 is 2.53 bits per heavy atom. The van der Waals surface area contributed by atoms with Crippen molar-refractivity contribution in [3.63, 3.8) is 0 Å². The molecule has 2 rings (SSSR count). The van der Waals surface area contributed by atoms with Gasteiger partial charge in [-0.05, 0) is 43.4 Å². The van der Waals surface area contributed by atoms with Crippen molar-refractivity contribution < 1.29 is 0 Å². The van der Waals surface area contributed by atoms with Gasteiger partial charge in [-0.15, -0.1) is 0 Å². The lowest BCUT2D eigenvalue weighted by atomic mass is 9.70. The summed E-state index contributed by atoms with van der Waals surface area (Å²) in [6, 6.07) is 0. The molecule has 0 aromatic heterocycles. The third-order valence-corrected chi connectivity index (χ3v) is 4.05. The van der Waals surface area contributed by atoms with Gasteiger partial charge in [0.05, 0.1) is 0 Å². The van der Waals surface area contributed by atoms with E-state index in [-0.39, 0.29) is 0 Å². The van der Waals surface area contributed by atoms with Gasteiger partial charge in [-0.25, -0.2) is 0 Å². The Balaban J connectivity index is 2.17. The first-order chi connectivity index (χ1) is 7.23. The van der Waals surface area contributed by atoms with E-state index in [4.69, 9.17) is 0 Å². The van der Waals surface area contributed by atoms with Crippen molar-refractivity contribution in [2.75, 3.05) is 0 Å². The minimum atomic E-state index is 0.596. The van der Waals surface area contributed by atoms with E-state index in [1.165, 1.54) is 44.9 Å². The minimum absolute atomic E-state index is 0.596. The first kappa shape index (κ1) is 11.0. The SMILES string of the molecule is CC(C)CC1(C2=CC=CCC2)CCCC1. The maximum atomic E-state index is 2.41. The van der Waals surface area contributed by atoms with Crippen LogP contribution in [-0.4, -0.2) is 0 Å². The summed E-state index contributed by atoms with van der Waals surface area (Å²) >= 11 is 0. The lowest BCUT2D eigenvalue weighted by Crippen LogP contribution is -2.22. The molecule has 0 amide bonds. The maximum absolute atomic E-state index is 2.41. The summed E-state index contributed by atoms with van der Waals surface area (Å²) in [5.41, 5.74) is 2.36. The Labute approximate surface area is 94.5 Å². The largest absolute Gasteiger partial charge is 0.0842 e. The zero-order chi connectivity index (χ0) is 10.7. The molecule has 0 aromatic rings. The van der Waals surface area contributed by atoms with Gasteiger partial charge >= 0.3 is 0 Å². The quantitative estimate of drug-likeness (QED) is 0.615. The lowest BCUT2D eigenvalue weighted by Gasteiger charge is -2.35. The predicted octanol–water partition coefficient (Wildman–Crippen LogP) is 4.87. The van der Waals surface area contributed by atoms with Gasteiger partial charge in [0.25, 0.3) is 0 Å². The van der Waals surface area contributed by atoms with Crippen molar-refractivity contribution in [2.45, 2.75) is 58.8 Å². The van der Waals surface area contributed by atoms with E-state index in [1.807, 2.05) is 0 Å². The number of rotatable bonds is 3. The number of allylic oxidation sites excluding steroid dienone is 4. The molecule has 84 valence electrons.